The molecule has 0 saturated carbocycles. The van der Waals surface area contributed by atoms with Gasteiger partial charge in [-0.1, -0.05) is 28.4 Å². The Morgan fingerprint density at radius 3 is 2.70 bits per heavy atom. The molecule has 0 unspecified atom stereocenters. The van der Waals surface area contributed by atoms with Crippen LogP contribution < -0.4 is 5.32 Å². The van der Waals surface area contributed by atoms with Gasteiger partial charge in [0.05, 0.1) is 11.2 Å². The van der Waals surface area contributed by atoms with Gasteiger partial charge in [0.1, 0.15) is 5.69 Å². The van der Waals surface area contributed by atoms with Crippen LogP contribution >= 0.6 is 23.2 Å². The molecule has 2 aromatic rings. The molecule has 1 heterocycles. The lowest BCUT2D eigenvalue weighted by atomic mass is 10.3. The van der Waals surface area contributed by atoms with Crippen molar-refractivity contribution in [3.8, 4) is 0 Å². The van der Waals surface area contributed by atoms with Gasteiger partial charge >= 0.3 is 6.09 Å². The molecule has 0 aliphatic carbocycles. The number of anilines is 1. The highest BCUT2D eigenvalue weighted by atomic mass is 35.5. The molecule has 0 spiro atoms. The van der Waals surface area contributed by atoms with Crippen LogP contribution in [0, 0.1) is 0 Å². The summed E-state index contributed by atoms with van der Waals surface area (Å²) in [5.41, 5.74) is 0.957. The Hall–Kier alpha value is -2.05. The number of benzene rings is 1. The average molecular weight is 313 g/mol. The minimum atomic E-state index is -0.726. The van der Waals surface area contributed by atoms with E-state index >= 15 is 0 Å². The number of rotatable bonds is 3. The fourth-order valence-electron chi connectivity index (χ4n) is 1.36. The molecule has 1 aromatic heterocycles. The zero-order chi connectivity index (χ0) is 14.5. The van der Waals surface area contributed by atoms with Crippen LogP contribution in [0.2, 0.25) is 10.0 Å². The van der Waals surface area contributed by atoms with E-state index < -0.39 is 6.09 Å². The van der Waals surface area contributed by atoms with Crippen molar-refractivity contribution in [1.82, 2.24) is 9.78 Å². The molecule has 104 valence electrons. The van der Waals surface area contributed by atoms with Crippen molar-refractivity contribution in [3.63, 3.8) is 0 Å². The van der Waals surface area contributed by atoms with Crippen molar-refractivity contribution in [2.45, 2.75) is 0 Å². The number of hydrogen-bond acceptors (Lipinski definition) is 4. The normalized spacial score (nSPS) is 10.8. The summed E-state index contributed by atoms with van der Waals surface area (Å²) >= 11 is 11.6. The van der Waals surface area contributed by atoms with Gasteiger partial charge in [-0.25, -0.2) is 4.79 Å². The molecule has 8 heteroatoms. The second-order valence-corrected chi connectivity index (χ2v) is 4.62. The van der Waals surface area contributed by atoms with Gasteiger partial charge in [-0.3, -0.25) is 14.8 Å². The Morgan fingerprint density at radius 1 is 1.40 bits per heavy atom. The second-order valence-electron chi connectivity index (χ2n) is 3.78. The first kappa shape index (κ1) is 14.4. The largest absolute Gasteiger partial charge is 0.437 e. The highest BCUT2D eigenvalue weighted by Gasteiger charge is 2.04. The molecule has 20 heavy (non-hydrogen) atoms. The van der Waals surface area contributed by atoms with Gasteiger partial charge in [0.15, 0.2) is 0 Å². The summed E-state index contributed by atoms with van der Waals surface area (Å²) in [5.74, 6) is 0. The van der Waals surface area contributed by atoms with E-state index in [1.807, 2.05) is 0 Å². The van der Waals surface area contributed by atoms with E-state index in [9.17, 15) is 4.79 Å². The first-order valence-corrected chi connectivity index (χ1v) is 6.26. The molecule has 1 amide bonds. The molecule has 0 saturated heterocycles. The lowest BCUT2D eigenvalue weighted by Crippen LogP contribution is -2.10. The van der Waals surface area contributed by atoms with Crippen molar-refractivity contribution >= 4 is 41.2 Å². The summed E-state index contributed by atoms with van der Waals surface area (Å²) in [6.07, 6.45) is 2.14. The van der Waals surface area contributed by atoms with Crippen LogP contribution in [0.15, 0.2) is 35.6 Å². The summed E-state index contributed by atoms with van der Waals surface area (Å²) in [7, 11) is 1.72. The van der Waals surface area contributed by atoms with Crippen LogP contribution in [0.1, 0.15) is 5.69 Å². The zero-order valence-electron chi connectivity index (χ0n) is 10.4. The Balaban J connectivity index is 1.89. The number of oxime groups is 1. The monoisotopic (exact) mass is 312 g/mol. The molecule has 0 aliphatic rings. The van der Waals surface area contributed by atoms with E-state index in [4.69, 9.17) is 23.2 Å². The lowest BCUT2D eigenvalue weighted by Gasteiger charge is -2.01. The number of carbonyl (C=O) groups is 1. The number of nitrogens with zero attached hydrogens (tertiary/aromatic N) is 3. The highest BCUT2D eigenvalue weighted by Crippen LogP contribution is 2.13. The quantitative estimate of drug-likeness (QED) is 0.537. The summed E-state index contributed by atoms with van der Waals surface area (Å²) in [6, 6.07) is 6.58. The van der Waals surface area contributed by atoms with Crippen molar-refractivity contribution in [1.29, 1.82) is 0 Å². The SMILES string of the molecule is Cn1cc(Cl)c(/C=N\OC(=O)Nc2ccc(Cl)cc2)n1. The predicted octanol–water partition coefficient (Wildman–Crippen LogP) is 3.31. The highest BCUT2D eigenvalue weighted by molar-refractivity contribution is 6.32. The van der Waals surface area contributed by atoms with Gasteiger partial charge in [-0.05, 0) is 24.3 Å². The number of aromatic nitrogens is 2. The van der Waals surface area contributed by atoms with E-state index in [0.29, 0.717) is 21.4 Å². The Labute approximate surface area is 124 Å². The van der Waals surface area contributed by atoms with E-state index in [1.165, 1.54) is 10.9 Å². The number of halogens is 2. The van der Waals surface area contributed by atoms with Gasteiger partial charge in [-0.15, -0.1) is 0 Å². The molecule has 0 radical (unpaired) electrons. The van der Waals surface area contributed by atoms with Crippen molar-refractivity contribution < 1.29 is 9.63 Å². The maximum atomic E-state index is 11.4. The maximum absolute atomic E-state index is 11.4. The van der Waals surface area contributed by atoms with Crippen molar-refractivity contribution in [2.24, 2.45) is 12.2 Å². The Morgan fingerprint density at radius 2 is 2.10 bits per heavy atom. The number of nitrogens with one attached hydrogen (secondary N) is 1. The van der Waals surface area contributed by atoms with Gasteiger partial charge in [-0.2, -0.15) is 5.10 Å². The summed E-state index contributed by atoms with van der Waals surface area (Å²) < 4.78 is 1.53. The molecule has 6 nitrogen and oxygen atoms in total. The summed E-state index contributed by atoms with van der Waals surface area (Å²) in [5, 5.41) is 11.0. The standard InChI is InChI=1S/C12H10Cl2N4O2/c1-18-7-10(14)11(17-18)6-15-20-12(19)16-9-4-2-8(13)3-5-9/h2-7H,1H3,(H,16,19)/b15-6-. The van der Waals surface area contributed by atoms with Gasteiger partial charge in [0.25, 0.3) is 0 Å². The van der Waals surface area contributed by atoms with E-state index in [1.54, 1.807) is 37.5 Å². The third-order valence-electron chi connectivity index (χ3n) is 2.21. The number of carbonyl (C=O) groups excluding carboxylic acids is 1. The zero-order valence-corrected chi connectivity index (χ0v) is 11.9. The van der Waals surface area contributed by atoms with Crippen LogP contribution in [0.3, 0.4) is 0 Å². The molecular weight excluding hydrogens is 303 g/mol. The van der Waals surface area contributed by atoms with Crippen molar-refractivity contribution in [3.05, 3.63) is 46.2 Å². The first-order valence-electron chi connectivity index (χ1n) is 5.50. The second kappa shape index (κ2) is 6.40. The molecule has 0 bridgehead atoms. The molecule has 1 aromatic carbocycles. The summed E-state index contributed by atoms with van der Waals surface area (Å²) in [6.45, 7) is 0. The van der Waals surface area contributed by atoms with Crippen LogP contribution in [0.5, 0.6) is 0 Å². The van der Waals surface area contributed by atoms with Crippen LogP contribution in [0.25, 0.3) is 0 Å². The fourth-order valence-corrected chi connectivity index (χ4v) is 1.72. The Bertz CT molecular complexity index is 637. The molecule has 1 N–H and O–H groups in total. The Kier molecular flexibility index (Phi) is 4.60. The fraction of sp³-hybridized carbons (Fsp3) is 0.0833. The minimum Gasteiger partial charge on any atom is -0.298 e. The molecule has 0 aliphatic heterocycles. The molecule has 0 atom stereocenters. The number of hydrogen-bond donors (Lipinski definition) is 1. The van der Waals surface area contributed by atoms with Crippen LogP contribution in [-0.4, -0.2) is 22.1 Å². The average Bonchev–Trinajstić information content (AvgIpc) is 2.71. The third-order valence-corrected chi connectivity index (χ3v) is 2.75. The minimum absolute atomic E-state index is 0.411. The molecule has 2 rings (SSSR count). The molecule has 0 fully saturated rings. The maximum Gasteiger partial charge on any atom is 0.437 e. The number of amides is 1. The summed E-state index contributed by atoms with van der Waals surface area (Å²) in [4.78, 5) is 16.1. The topological polar surface area (TPSA) is 68.5 Å². The third kappa shape index (κ3) is 3.97. The lowest BCUT2D eigenvalue weighted by molar-refractivity contribution is 0.167. The number of aryl methyl sites for hydroxylation is 1. The molecular formula is C12H10Cl2N4O2. The predicted molar refractivity (Wildman–Crippen MR) is 77.4 cm³/mol. The van der Waals surface area contributed by atoms with Gasteiger partial charge < -0.3 is 0 Å². The van der Waals surface area contributed by atoms with Crippen molar-refractivity contribution in [2.75, 3.05) is 5.32 Å². The first-order chi connectivity index (χ1) is 9.54. The van der Waals surface area contributed by atoms with Crippen LogP contribution in [0.4, 0.5) is 10.5 Å². The van der Waals surface area contributed by atoms with E-state index in [0.717, 1.165) is 0 Å². The van der Waals surface area contributed by atoms with Crippen LogP contribution in [-0.2, 0) is 11.9 Å². The van der Waals surface area contributed by atoms with E-state index in [-0.39, 0.29) is 0 Å². The van der Waals surface area contributed by atoms with Gasteiger partial charge in [0, 0.05) is 24.0 Å². The smallest absolute Gasteiger partial charge is 0.298 e. The van der Waals surface area contributed by atoms with E-state index in [2.05, 4.69) is 20.4 Å². The van der Waals surface area contributed by atoms with Gasteiger partial charge in [0.2, 0.25) is 0 Å².